The van der Waals surface area contributed by atoms with Gasteiger partial charge in [-0.3, -0.25) is 4.79 Å². The summed E-state index contributed by atoms with van der Waals surface area (Å²) < 4.78 is 18.9. The van der Waals surface area contributed by atoms with Crippen LogP contribution in [0, 0.1) is 5.41 Å². The molecule has 0 bridgehead atoms. The topological polar surface area (TPSA) is 101 Å². The number of carboxylic acid groups (broad SMARTS) is 1. The van der Waals surface area contributed by atoms with Crippen LogP contribution in [0.3, 0.4) is 0 Å². The summed E-state index contributed by atoms with van der Waals surface area (Å²) in [6.07, 6.45) is 0.203. The first kappa shape index (κ1) is 11.5. The number of hydrogen-bond donors (Lipinski definition) is 3. The smallest absolute Gasteiger partial charge is 0.310 e. The van der Waals surface area contributed by atoms with E-state index in [1.807, 2.05) is 0 Å². The van der Waals surface area contributed by atoms with Gasteiger partial charge in [0.25, 0.3) is 0 Å². The van der Waals surface area contributed by atoms with Crippen LogP contribution in [0.2, 0.25) is 0 Å². The van der Waals surface area contributed by atoms with Crippen molar-refractivity contribution in [1.82, 2.24) is 0 Å². The highest BCUT2D eigenvalue weighted by molar-refractivity contribution is 7.79. The molecule has 0 aliphatic carbocycles. The highest BCUT2D eigenvalue weighted by Crippen LogP contribution is 2.21. The van der Waals surface area contributed by atoms with Crippen LogP contribution < -0.4 is 5.73 Å². The molecule has 0 heterocycles. The molecule has 0 aromatic heterocycles. The van der Waals surface area contributed by atoms with Crippen molar-refractivity contribution in [1.29, 1.82) is 0 Å². The van der Waals surface area contributed by atoms with Gasteiger partial charge in [-0.25, -0.2) is 4.21 Å². The molecule has 12 heavy (non-hydrogen) atoms. The van der Waals surface area contributed by atoms with Crippen LogP contribution in [0.25, 0.3) is 0 Å². The summed E-state index contributed by atoms with van der Waals surface area (Å²) in [7, 11) is 0. The van der Waals surface area contributed by atoms with Crippen LogP contribution >= 0.6 is 0 Å². The van der Waals surface area contributed by atoms with Gasteiger partial charge in [-0.1, -0.05) is 0 Å². The first-order valence-electron chi connectivity index (χ1n) is 3.43. The average molecular weight is 195 g/mol. The molecule has 0 radical (unpaired) electrons. The SMILES string of the molecule is CC(CCN)(CS(=O)O)C(=O)O. The van der Waals surface area contributed by atoms with E-state index in [0.717, 1.165) is 0 Å². The lowest BCUT2D eigenvalue weighted by Gasteiger charge is -2.21. The predicted octanol–water partition coefficient (Wildman–Crippen LogP) is -0.352. The number of carboxylic acids is 1. The van der Waals surface area contributed by atoms with Crippen molar-refractivity contribution < 1.29 is 18.7 Å². The van der Waals surface area contributed by atoms with Gasteiger partial charge in [0.2, 0.25) is 0 Å². The Bertz CT molecular complexity index is 196. The van der Waals surface area contributed by atoms with E-state index in [4.69, 9.17) is 15.4 Å². The Morgan fingerprint density at radius 2 is 2.17 bits per heavy atom. The molecule has 0 aromatic rings. The summed E-state index contributed by atoms with van der Waals surface area (Å²) >= 11 is -2.09. The molecule has 5 nitrogen and oxygen atoms in total. The Kier molecular flexibility index (Phi) is 4.36. The largest absolute Gasteiger partial charge is 0.481 e. The molecule has 0 aliphatic rings. The fraction of sp³-hybridized carbons (Fsp3) is 0.833. The lowest BCUT2D eigenvalue weighted by molar-refractivity contribution is -0.146. The van der Waals surface area contributed by atoms with Crippen molar-refractivity contribution in [2.45, 2.75) is 13.3 Å². The first-order chi connectivity index (χ1) is 5.42. The van der Waals surface area contributed by atoms with Gasteiger partial charge >= 0.3 is 5.97 Å². The van der Waals surface area contributed by atoms with Crippen LogP contribution in [0.1, 0.15) is 13.3 Å². The maximum absolute atomic E-state index is 10.6. The standard InChI is InChI=1S/C6H13NO4S/c1-6(2-3-7,5(8)9)4-12(10)11/h2-4,7H2,1H3,(H,8,9)(H,10,11). The minimum absolute atomic E-state index is 0.194. The Labute approximate surface area is 73.2 Å². The zero-order chi connectivity index (χ0) is 9.78. The van der Waals surface area contributed by atoms with Gasteiger partial charge in [-0.05, 0) is 19.9 Å². The van der Waals surface area contributed by atoms with E-state index in [-0.39, 0.29) is 18.7 Å². The van der Waals surface area contributed by atoms with Crippen molar-refractivity contribution in [2.75, 3.05) is 12.3 Å². The molecule has 72 valence electrons. The normalized spacial score (nSPS) is 18.2. The van der Waals surface area contributed by atoms with Crippen LogP contribution in [0.5, 0.6) is 0 Å². The van der Waals surface area contributed by atoms with Gasteiger partial charge in [0.15, 0.2) is 11.1 Å². The molecule has 2 atom stereocenters. The van der Waals surface area contributed by atoms with Crippen LogP contribution in [0.4, 0.5) is 0 Å². The van der Waals surface area contributed by atoms with E-state index < -0.39 is 22.5 Å². The van der Waals surface area contributed by atoms with Crippen LogP contribution in [-0.2, 0) is 15.9 Å². The van der Waals surface area contributed by atoms with Gasteiger partial charge in [0.05, 0.1) is 11.2 Å². The van der Waals surface area contributed by atoms with E-state index in [2.05, 4.69) is 0 Å². The van der Waals surface area contributed by atoms with Gasteiger partial charge in [0, 0.05) is 0 Å². The zero-order valence-corrected chi connectivity index (χ0v) is 7.63. The quantitative estimate of drug-likeness (QED) is 0.520. The summed E-state index contributed by atoms with van der Waals surface area (Å²) in [6.45, 7) is 1.61. The zero-order valence-electron chi connectivity index (χ0n) is 6.82. The molecule has 0 rings (SSSR count). The molecule has 0 aromatic carbocycles. The van der Waals surface area contributed by atoms with E-state index >= 15 is 0 Å². The second-order valence-corrected chi connectivity index (χ2v) is 3.80. The second-order valence-electron chi connectivity index (χ2n) is 2.87. The Balaban J connectivity index is 4.38. The number of hydrogen-bond acceptors (Lipinski definition) is 3. The third-order valence-electron chi connectivity index (χ3n) is 1.65. The monoisotopic (exact) mass is 195 g/mol. The summed E-state index contributed by atoms with van der Waals surface area (Å²) in [5, 5.41) is 8.71. The molecule has 0 fully saturated rings. The molecule has 4 N–H and O–H groups in total. The van der Waals surface area contributed by atoms with Gasteiger partial charge in [-0.2, -0.15) is 0 Å². The fourth-order valence-electron chi connectivity index (χ4n) is 0.832. The molecule has 0 aliphatic heterocycles. The van der Waals surface area contributed by atoms with Gasteiger partial charge < -0.3 is 15.4 Å². The highest BCUT2D eigenvalue weighted by atomic mass is 32.2. The number of rotatable bonds is 5. The van der Waals surface area contributed by atoms with Crippen LogP contribution in [-0.4, -0.2) is 32.1 Å². The van der Waals surface area contributed by atoms with E-state index in [1.165, 1.54) is 6.92 Å². The second kappa shape index (κ2) is 4.54. The van der Waals surface area contributed by atoms with E-state index in [1.54, 1.807) is 0 Å². The number of carbonyl (C=O) groups is 1. The minimum atomic E-state index is -2.09. The summed E-state index contributed by atoms with van der Waals surface area (Å²) in [4.78, 5) is 10.6. The van der Waals surface area contributed by atoms with Crippen molar-refractivity contribution >= 4 is 17.0 Å². The van der Waals surface area contributed by atoms with Crippen molar-refractivity contribution in [3.63, 3.8) is 0 Å². The molecular formula is C6H13NO4S. The predicted molar refractivity (Wildman–Crippen MR) is 45.1 cm³/mol. The number of aliphatic carboxylic acids is 1. The number of nitrogens with two attached hydrogens (primary N) is 1. The molecule has 0 saturated heterocycles. The van der Waals surface area contributed by atoms with Crippen molar-refractivity contribution in [2.24, 2.45) is 11.1 Å². The first-order valence-corrected chi connectivity index (χ1v) is 4.71. The third kappa shape index (κ3) is 3.29. The molecule has 0 amide bonds. The lowest BCUT2D eigenvalue weighted by atomic mass is 9.89. The van der Waals surface area contributed by atoms with Gasteiger partial charge in [0.1, 0.15) is 0 Å². The molecule has 0 spiro atoms. The highest BCUT2D eigenvalue weighted by Gasteiger charge is 2.34. The summed E-state index contributed by atoms with van der Waals surface area (Å²) in [5.74, 6) is -1.37. The summed E-state index contributed by atoms with van der Waals surface area (Å²) in [5.41, 5.74) is 4.00. The molecule has 2 unspecified atom stereocenters. The maximum atomic E-state index is 10.6. The maximum Gasteiger partial charge on any atom is 0.310 e. The van der Waals surface area contributed by atoms with E-state index in [0.29, 0.717) is 0 Å². The van der Waals surface area contributed by atoms with Gasteiger partial charge in [-0.15, -0.1) is 0 Å². The van der Waals surface area contributed by atoms with E-state index in [9.17, 15) is 9.00 Å². The van der Waals surface area contributed by atoms with Crippen molar-refractivity contribution in [3.05, 3.63) is 0 Å². The lowest BCUT2D eigenvalue weighted by Crippen LogP contribution is -2.35. The molecular weight excluding hydrogens is 182 g/mol. The third-order valence-corrected chi connectivity index (χ3v) is 2.54. The average Bonchev–Trinajstić information content (AvgIpc) is 1.85. The Hall–Kier alpha value is -0.460. The molecule has 6 heteroatoms. The Morgan fingerprint density at radius 1 is 1.67 bits per heavy atom. The van der Waals surface area contributed by atoms with Crippen LogP contribution in [0.15, 0.2) is 0 Å². The fourth-order valence-corrected chi connectivity index (χ4v) is 1.64. The Morgan fingerprint density at radius 3 is 2.42 bits per heavy atom. The summed E-state index contributed by atoms with van der Waals surface area (Å²) in [6, 6.07) is 0. The van der Waals surface area contributed by atoms with Crippen molar-refractivity contribution in [3.8, 4) is 0 Å². The minimum Gasteiger partial charge on any atom is -0.481 e. The molecule has 0 saturated carbocycles.